The van der Waals surface area contributed by atoms with E-state index >= 15 is 0 Å². The highest BCUT2D eigenvalue weighted by molar-refractivity contribution is 6.35. The average molecular weight is 304 g/mol. The first-order valence-electron chi connectivity index (χ1n) is 6.29. The number of benzene rings is 1. The lowest BCUT2D eigenvalue weighted by molar-refractivity contribution is -0.127. The molecule has 0 saturated heterocycles. The molecule has 1 N–H and O–H groups in total. The number of ether oxygens (including phenoxy) is 1. The second-order valence-electron chi connectivity index (χ2n) is 4.81. The fraction of sp³-hybridized carbons (Fsp3) is 0.500. The molecular formula is C14H19Cl2NO2. The minimum absolute atomic E-state index is 0.147. The predicted molar refractivity (Wildman–Crippen MR) is 79.0 cm³/mol. The van der Waals surface area contributed by atoms with Crippen molar-refractivity contribution in [2.24, 2.45) is 5.92 Å². The molecule has 0 unspecified atom stereocenters. The van der Waals surface area contributed by atoms with Gasteiger partial charge < -0.3 is 10.1 Å². The van der Waals surface area contributed by atoms with Gasteiger partial charge in [-0.25, -0.2) is 0 Å². The van der Waals surface area contributed by atoms with Gasteiger partial charge in [0.1, 0.15) is 5.75 Å². The van der Waals surface area contributed by atoms with Crippen molar-refractivity contribution in [3.63, 3.8) is 0 Å². The van der Waals surface area contributed by atoms with Crippen molar-refractivity contribution < 1.29 is 9.53 Å². The lowest BCUT2D eigenvalue weighted by atomic mass is 10.1. The number of hydrogen-bond donors (Lipinski definition) is 1. The van der Waals surface area contributed by atoms with Gasteiger partial charge in [0, 0.05) is 11.6 Å². The fourth-order valence-electron chi connectivity index (χ4n) is 1.44. The molecule has 0 spiro atoms. The van der Waals surface area contributed by atoms with Crippen molar-refractivity contribution in [1.29, 1.82) is 0 Å². The highest BCUT2D eigenvalue weighted by Crippen LogP contribution is 2.28. The Balaban J connectivity index is 2.49. The zero-order valence-corrected chi connectivity index (χ0v) is 12.9. The maximum Gasteiger partial charge on any atom is 0.260 e. The third-order valence-corrected chi connectivity index (χ3v) is 3.12. The molecule has 5 heteroatoms. The maximum atomic E-state index is 11.8. The lowest BCUT2D eigenvalue weighted by Crippen LogP contribution is -2.37. The molecule has 1 rings (SSSR count). The molecule has 0 bridgehead atoms. The van der Waals surface area contributed by atoms with Crippen LogP contribution >= 0.6 is 23.2 Å². The summed E-state index contributed by atoms with van der Waals surface area (Å²) in [6, 6.07) is 4.91. The lowest BCUT2D eigenvalue weighted by Gasteiger charge is -2.16. The first kappa shape index (κ1) is 16.1. The average Bonchev–Trinajstić information content (AvgIpc) is 2.32. The topological polar surface area (TPSA) is 38.3 Å². The summed E-state index contributed by atoms with van der Waals surface area (Å²) in [6.45, 7) is 6.56. The van der Waals surface area contributed by atoms with Crippen molar-refractivity contribution in [1.82, 2.24) is 5.32 Å². The summed E-state index contributed by atoms with van der Waals surface area (Å²) >= 11 is 11.8. The Morgan fingerprint density at radius 1 is 1.32 bits per heavy atom. The van der Waals surface area contributed by atoms with Crippen LogP contribution in [0.3, 0.4) is 0 Å². The second-order valence-corrected chi connectivity index (χ2v) is 5.65. The Kier molecular flexibility index (Phi) is 6.46. The maximum absolute atomic E-state index is 11.8. The molecule has 0 radical (unpaired) electrons. The molecule has 1 atom stereocenters. The van der Waals surface area contributed by atoms with Crippen LogP contribution < -0.4 is 10.1 Å². The molecule has 0 aliphatic heterocycles. The highest BCUT2D eigenvalue weighted by atomic mass is 35.5. The van der Waals surface area contributed by atoms with Crippen LogP contribution in [0.4, 0.5) is 0 Å². The second kappa shape index (κ2) is 7.61. The molecule has 0 aromatic heterocycles. The molecule has 106 valence electrons. The fourth-order valence-corrected chi connectivity index (χ4v) is 1.90. The van der Waals surface area contributed by atoms with E-state index in [9.17, 15) is 4.79 Å². The van der Waals surface area contributed by atoms with E-state index in [0.29, 0.717) is 28.3 Å². The van der Waals surface area contributed by atoms with E-state index in [-0.39, 0.29) is 5.91 Å². The SMILES string of the molecule is CC(C)CCNC(=O)[C@@H](C)Oc1ccc(Cl)cc1Cl. The number of carbonyl (C=O) groups is 1. The Bertz CT molecular complexity index is 435. The third-order valence-electron chi connectivity index (χ3n) is 2.59. The van der Waals surface area contributed by atoms with Crippen LogP contribution in [0.1, 0.15) is 27.2 Å². The van der Waals surface area contributed by atoms with Gasteiger partial charge >= 0.3 is 0 Å². The monoisotopic (exact) mass is 303 g/mol. The normalized spacial score (nSPS) is 12.3. The van der Waals surface area contributed by atoms with E-state index in [2.05, 4.69) is 19.2 Å². The number of halogens is 2. The molecule has 3 nitrogen and oxygen atoms in total. The van der Waals surface area contributed by atoms with Gasteiger partial charge in [0.25, 0.3) is 5.91 Å². The summed E-state index contributed by atoms with van der Waals surface area (Å²) < 4.78 is 5.52. The third kappa shape index (κ3) is 5.70. The largest absolute Gasteiger partial charge is 0.479 e. The van der Waals surface area contributed by atoms with Crippen molar-refractivity contribution in [3.05, 3.63) is 28.2 Å². The Morgan fingerprint density at radius 2 is 2.00 bits per heavy atom. The standard InChI is InChI=1S/C14H19Cl2NO2/c1-9(2)6-7-17-14(18)10(3)19-13-5-4-11(15)8-12(13)16/h4-5,8-10H,6-7H2,1-3H3,(H,17,18)/t10-/m1/s1. The van der Waals surface area contributed by atoms with Gasteiger partial charge in [-0.3, -0.25) is 4.79 Å². The summed E-state index contributed by atoms with van der Waals surface area (Å²) in [4.78, 5) is 11.8. The minimum atomic E-state index is -0.592. The smallest absolute Gasteiger partial charge is 0.260 e. The first-order valence-corrected chi connectivity index (χ1v) is 7.05. The van der Waals surface area contributed by atoms with Crippen molar-refractivity contribution in [2.45, 2.75) is 33.3 Å². The zero-order chi connectivity index (χ0) is 14.4. The summed E-state index contributed by atoms with van der Waals surface area (Å²) in [6.07, 6.45) is 0.353. The molecule has 0 aliphatic rings. The molecule has 19 heavy (non-hydrogen) atoms. The molecule has 1 aromatic carbocycles. The first-order chi connectivity index (χ1) is 8.90. The predicted octanol–water partition coefficient (Wildman–Crippen LogP) is 3.92. The van der Waals surface area contributed by atoms with E-state index in [1.807, 2.05) is 0 Å². The molecule has 0 aliphatic carbocycles. The van der Waals surface area contributed by atoms with Gasteiger partial charge in [0.2, 0.25) is 0 Å². The zero-order valence-electron chi connectivity index (χ0n) is 11.4. The van der Waals surface area contributed by atoms with Gasteiger partial charge in [-0.05, 0) is 37.5 Å². The van der Waals surface area contributed by atoms with Crippen LogP contribution in [0.15, 0.2) is 18.2 Å². The number of nitrogens with one attached hydrogen (secondary N) is 1. The van der Waals surface area contributed by atoms with E-state index in [1.54, 1.807) is 25.1 Å². The Hall–Kier alpha value is -0.930. The molecule has 1 amide bonds. The van der Waals surface area contributed by atoms with Gasteiger partial charge in [0.15, 0.2) is 6.10 Å². The van der Waals surface area contributed by atoms with Crippen LogP contribution in [-0.2, 0) is 4.79 Å². The van der Waals surface area contributed by atoms with Gasteiger partial charge in [-0.1, -0.05) is 37.0 Å². The Morgan fingerprint density at radius 3 is 2.58 bits per heavy atom. The Labute approximate surface area is 124 Å². The summed E-state index contributed by atoms with van der Waals surface area (Å²) in [5.74, 6) is 0.867. The summed E-state index contributed by atoms with van der Waals surface area (Å²) in [5, 5.41) is 3.76. The summed E-state index contributed by atoms with van der Waals surface area (Å²) in [5.41, 5.74) is 0. The van der Waals surface area contributed by atoms with Crippen LogP contribution in [0.2, 0.25) is 10.0 Å². The quantitative estimate of drug-likeness (QED) is 0.865. The van der Waals surface area contributed by atoms with Gasteiger partial charge in [-0.2, -0.15) is 0 Å². The highest BCUT2D eigenvalue weighted by Gasteiger charge is 2.15. The number of amides is 1. The number of hydrogen-bond acceptors (Lipinski definition) is 2. The van der Waals surface area contributed by atoms with E-state index in [4.69, 9.17) is 27.9 Å². The molecule has 0 saturated carbocycles. The molecule has 1 aromatic rings. The minimum Gasteiger partial charge on any atom is -0.479 e. The van der Waals surface area contributed by atoms with Crippen molar-refractivity contribution >= 4 is 29.1 Å². The molecule has 0 fully saturated rings. The van der Waals surface area contributed by atoms with Crippen LogP contribution in [-0.4, -0.2) is 18.6 Å². The van der Waals surface area contributed by atoms with Crippen molar-refractivity contribution in [3.8, 4) is 5.75 Å². The van der Waals surface area contributed by atoms with Crippen LogP contribution in [0.25, 0.3) is 0 Å². The van der Waals surface area contributed by atoms with Crippen molar-refractivity contribution in [2.75, 3.05) is 6.54 Å². The van der Waals surface area contributed by atoms with E-state index in [1.165, 1.54) is 0 Å². The molecule has 0 heterocycles. The van der Waals surface area contributed by atoms with Crippen LogP contribution in [0, 0.1) is 5.92 Å². The van der Waals surface area contributed by atoms with E-state index in [0.717, 1.165) is 6.42 Å². The number of rotatable bonds is 6. The number of carbonyl (C=O) groups excluding carboxylic acids is 1. The molecular weight excluding hydrogens is 285 g/mol. The van der Waals surface area contributed by atoms with Gasteiger partial charge in [0.05, 0.1) is 5.02 Å². The van der Waals surface area contributed by atoms with Gasteiger partial charge in [-0.15, -0.1) is 0 Å². The van der Waals surface area contributed by atoms with Crippen LogP contribution in [0.5, 0.6) is 5.75 Å². The summed E-state index contributed by atoms with van der Waals surface area (Å²) in [7, 11) is 0. The van der Waals surface area contributed by atoms with E-state index < -0.39 is 6.10 Å².